The number of hydrogen-bond acceptors (Lipinski definition) is 3. The standard InChI is InChI=1S/C8H14N2S/c1-9-5-3-6-10-8-4-2-7-11-8/h2,4,7,9-10H,3,5-6H2,1H3. The van der Waals surface area contributed by atoms with Crippen molar-refractivity contribution >= 4 is 16.3 Å². The van der Waals surface area contributed by atoms with Crippen LogP contribution in [0.2, 0.25) is 0 Å². The van der Waals surface area contributed by atoms with E-state index in [-0.39, 0.29) is 0 Å². The topological polar surface area (TPSA) is 24.1 Å². The van der Waals surface area contributed by atoms with Crippen LogP contribution in [-0.2, 0) is 0 Å². The van der Waals surface area contributed by atoms with E-state index in [0.29, 0.717) is 0 Å². The molecule has 0 aliphatic rings. The van der Waals surface area contributed by atoms with Crippen LogP contribution in [0.1, 0.15) is 6.42 Å². The van der Waals surface area contributed by atoms with Gasteiger partial charge >= 0.3 is 0 Å². The van der Waals surface area contributed by atoms with Gasteiger partial charge in [-0.2, -0.15) is 0 Å². The van der Waals surface area contributed by atoms with Crippen molar-refractivity contribution in [1.82, 2.24) is 5.32 Å². The molecule has 11 heavy (non-hydrogen) atoms. The number of hydrogen-bond donors (Lipinski definition) is 2. The molecule has 1 aromatic rings. The van der Waals surface area contributed by atoms with Gasteiger partial charge in [0, 0.05) is 6.54 Å². The van der Waals surface area contributed by atoms with Gasteiger partial charge in [0.15, 0.2) is 0 Å². The summed E-state index contributed by atoms with van der Waals surface area (Å²) in [6.07, 6.45) is 1.18. The summed E-state index contributed by atoms with van der Waals surface area (Å²) in [5.41, 5.74) is 0. The summed E-state index contributed by atoms with van der Waals surface area (Å²) in [7, 11) is 1.98. The van der Waals surface area contributed by atoms with E-state index in [2.05, 4.69) is 28.1 Å². The smallest absolute Gasteiger partial charge is 0.0882 e. The molecule has 0 amide bonds. The Labute approximate surface area is 71.6 Å². The van der Waals surface area contributed by atoms with Gasteiger partial charge in [-0.1, -0.05) is 0 Å². The highest BCUT2D eigenvalue weighted by atomic mass is 32.1. The fraction of sp³-hybridized carbons (Fsp3) is 0.500. The van der Waals surface area contributed by atoms with Crippen molar-refractivity contribution in [2.75, 3.05) is 25.5 Å². The Hall–Kier alpha value is -0.540. The molecule has 0 aliphatic heterocycles. The molecule has 2 nitrogen and oxygen atoms in total. The Morgan fingerprint density at radius 1 is 1.45 bits per heavy atom. The highest BCUT2D eigenvalue weighted by Gasteiger charge is 1.89. The largest absolute Gasteiger partial charge is 0.377 e. The average molecular weight is 170 g/mol. The van der Waals surface area contributed by atoms with Crippen LogP contribution in [-0.4, -0.2) is 20.1 Å². The van der Waals surface area contributed by atoms with Gasteiger partial charge in [-0.05, 0) is 37.5 Å². The van der Waals surface area contributed by atoms with Crippen molar-refractivity contribution in [1.29, 1.82) is 0 Å². The maximum absolute atomic E-state index is 3.34. The Balaban J connectivity index is 2.04. The molecule has 0 atom stereocenters. The maximum atomic E-state index is 3.34. The second-order valence-corrected chi connectivity index (χ2v) is 3.31. The van der Waals surface area contributed by atoms with Gasteiger partial charge in [0.25, 0.3) is 0 Å². The van der Waals surface area contributed by atoms with Gasteiger partial charge in [-0.25, -0.2) is 0 Å². The van der Waals surface area contributed by atoms with Crippen molar-refractivity contribution in [3.05, 3.63) is 17.5 Å². The first-order chi connectivity index (χ1) is 5.43. The summed E-state index contributed by atoms with van der Waals surface area (Å²) in [4.78, 5) is 0. The molecule has 1 rings (SSSR count). The summed E-state index contributed by atoms with van der Waals surface area (Å²) < 4.78 is 0. The number of rotatable bonds is 5. The third-order valence-corrected chi connectivity index (χ3v) is 2.25. The first-order valence-electron chi connectivity index (χ1n) is 3.85. The summed E-state index contributed by atoms with van der Waals surface area (Å²) in [6.45, 7) is 2.14. The molecular weight excluding hydrogens is 156 g/mol. The predicted octanol–water partition coefficient (Wildman–Crippen LogP) is 1.77. The van der Waals surface area contributed by atoms with E-state index in [0.717, 1.165) is 13.1 Å². The van der Waals surface area contributed by atoms with Crippen LogP contribution < -0.4 is 10.6 Å². The Morgan fingerprint density at radius 3 is 3.00 bits per heavy atom. The van der Waals surface area contributed by atoms with Gasteiger partial charge in [0.2, 0.25) is 0 Å². The molecule has 0 radical (unpaired) electrons. The molecule has 0 fully saturated rings. The zero-order valence-corrected chi connectivity index (χ0v) is 7.58. The van der Waals surface area contributed by atoms with Crippen LogP contribution in [0.3, 0.4) is 0 Å². The van der Waals surface area contributed by atoms with Crippen LogP contribution in [0.4, 0.5) is 5.00 Å². The third-order valence-electron chi connectivity index (χ3n) is 1.42. The average Bonchev–Trinajstić information content (AvgIpc) is 2.50. The zero-order valence-electron chi connectivity index (χ0n) is 6.76. The molecule has 2 N–H and O–H groups in total. The molecule has 1 aromatic heterocycles. The van der Waals surface area contributed by atoms with E-state index in [1.165, 1.54) is 11.4 Å². The molecular formula is C8H14N2S. The second kappa shape index (κ2) is 5.16. The first-order valence-corrected chi connectivity index (χ1v) is 4.73. The van der Waals surface area contributed by atoms with Gasteiger partial charge < -0.3 is 10.6 Å². The van der Waals surface area contributed by atoms with Crippen molar-refractivity contribution in [3.8, 4) is 0 Å². The lowest BCUT2D eigenvalue weighted by Gasteiger charge is -2.01. The van der Waals surface area contributed by atoms with Crippen LogP contribution in [0.15, 0.2) is 17.5 Å². The lowest BCUT2D eigenvalue weighted by molar-refractivity contribution is 0.749. The maximum Gasteiger partial charge on any atom is 0.0882 e. The summed E-state index contributed by atoms with van der Waals surface area (Å²) in [5.74, 6) is 0. The van der Waals surface area contributed by atoms with Gasteiger partial charge in [-0.3, -0.25) is 0 Å². The lowest BCUT2D eigenvalue weighted by Crippen LogP contribution is -2.12. The number of anilines is 1. The molecule has 0 aliphatic carbocycles. The molecule has 3 heteroatoms. The Morgan fingerprint density at radius 2 is 2.36 bits per heavy atom. The van der Waals surface area contributed by atoms with Crippen molar-refractivity contribution < 1.29 is 0 Å². The predicted molar refractivity (Wildman–Crippen MR) is 51.4 cm³/mol. The third kappa shape index (κ3) is 3.39. The zero-order chi connectivity index (χ0) is 7.94. The van der Waals surface area contributed by atoms with Crippen molar-refractivity contribution in [2.24, 2.45) is 0 Å². The molecule has 0 unspecified atom stereocenters. The van der Waals surface area contributed by atoms with Crippen LogP contribution >= 0.6 is 11.3 Å². The second-order valence-electron chi connectivity index (χ2n) is 2.36. The van der Waals surface area contributed by atoms with Gasteiger partial charge in [0.05, 0.1) is 5.00 Å². The lowest BCUT2D eigenvalue weighted by atomic mass is 10.4. The molecule has 0 aromatic carbocycles. The summed E-state index contributed by atoms with van der Waals surface area (Å²) in [6, 6.07) is 4.16. The number of nitrogens with one attached hydrogen (secondary N) is 2. The van der Waals surface area contributed by atoms with E-state index in [1.54, 1.807) is 11.3 Å². The normalized spacial score (nSPS) is 9.91. The minimum atomic E-state index is 1.06. The highest BCUT2D eigenvalue weighted by molar-refractivity contribution is 7.14. The van der Waals surface area contributed by atoms with E-state index in [1.807, 2.05) is 7.05 Å². The minimum Gasteiger partial charge on any atom is -0.377 e. The van der Waals surface area contributed by atoms with Crippen LogP contribution in [0.5, 0.6) is 0 Å². The molecule has 0 saturated heterocycles. The molecule has 0 bridgehead atoms. The number of thiophene rings is 1. The van der Waals surface area contributed by atoms with E-state index < -0.39 is 0 Å². The molecule has 1 heterocycles. The van der Waals surface area contributed by atoms with Gasteiger partial charge in [0.1, 0.15) is 0 Å². The SMILES string of the molecule is CNCCCNc1cccs1. The van der Waals surface area contributed by atoms with E-state index in [4.69, 9.17) is 0 Å². The fourth-order valence-electron chi connectivity index (χ4n) is 0.856. The van der Waals surface area contributed by atoms with E-state index >= 15 is 0 Å². The molecule has 62 valence electrons. The van der Waals surface area contributed by atoms with Gasteiger partial charge in [-0.15, -0.1) is 11.3 Å². The first kappa shape index (κ1) is 8.56. The quantitative estimate of drug-likeness (QED) is 0.658. The molecule has 0 saturated carbocycles. The molecule has 0 spiro atoms. The summed E-state index contributed by atoms with van der Waals surface area (Å²) >= 11 is 1.75. The fourth-order valence-corrected chi connectivity index (χ4v) is 1.50. The highest BCUT2D eigenvalue weighted by Crippen LogP contribution is 2.14. The van der Waals surface area contributed by atoms with E-state index in [9.17, 15) is 0 Å². The van der Waals surface area contributed by atoms with Crippen LogP contribution in [0, 0.1) is 0 Å². The monoisotopic (exact) mass is 170 g/mol. The van der Waals surface area contributed by atoms with Crippen molar-refractivity contribution in [2.45, 2.75) is 6.42 Å². The van der Waals surface area contributed by atoms with Crippen molar-refractivity contribution in [3.63, 3.8) is 0 Å². The minimum absolute atomic E-state index is 1.06. The van der Waals surface area contributed by atoms with Crippen LogP contribution in [0.25, 0.3) is 0 Å². The Bertz CT molecular complexity index is 172. The summed E-state index contributed by atoms with van der Waals surface area (Å²) in [5, 5.41) is 9.80. The Kier molecular flexibility index (Phi) is 4.01.